The third-order valence-electron chi connectivity index (χ3n) is 3.86. The molecule has 1 fully saturated rings. The number of hydrogen-bond donors (Lipinski definition) is 1. The molecule has 0 radical (unpaired) electrons. The zero-order valence-corrected chi connectivity index (χ0v) is 11.3. The lowest BCUT2D eigenvalue weighted by molar-refractivity contribution is 0.0678. The molecule has 1 N–H and O–H groups in total. The Labute approximate surface area is 111 Å². The molecule has 0 unspecified atom stereocenters. The zero-order chi connectivity index (χ0) is 14.0. The smallest absolute Gasteiger partial charge is 0.352 e. The first-order chi connectivity index (χ1) is 9.02. The topological polar surface area (TPSA) is 68.5 Å². The molecule has 1 aliphatic carbocycles. The van der Waals surface area contributed by atoms with Crippen molar-refractivity contribution in [1.82, 2.24) is 4.57 Å². The molecular formula is C14H19NO4. The van der Waals surface area contributed by atoms with Gasteiger partial charge in [0.25, 0.3) is 0 Å². The highest BCUT2D eigenvalue weighted by Crippen LogP contribution is 2.32. The van der Waals surface area contributed by atoms with E-state index >= 15 is 0 Å². The molecule has 5 nitrogen and oxygen atoms in total. The van der Waals surface area contributed by atoms with Gasteiger partial charge in [0.15, 0.2) is 5.75 Å². The summed E-state index contributed by atoms with van der Waals surface area (Å²) in [5, 5.41) is 9.24. The van der Waals surface area contributed by atoms with Crippen molar-refractivity contribution in [2.75, 3.05) is 7.11 Å². The Balaban J connectivity index is 2.42. The van der Waals surface area contributed by atoms with Crippen LogP contribution in [0.5, 0.6) is 5.75 Å². The molecule has 104 valence electrons. The summed E-state index contributed by atoms with van der Waals surface area (Å²) < 4.78 is 6.69. The van der Waals surface area contributed by atoms with Crippen LogP contribution in [0, 0.1) is 5.92 Å². The van der Waals surface area contributed by atoms with Gasteiger partial charge >= 0.3 is 5.97 Å². The minimum Gasteiger partial charge on any atom is -0.491 e. The summed E-state index contributed by atoms with van der Waals surface area (Å²) in [7, 11) is 1.42. The van der Waals surface area contributed by atoms with Gasteiger partial charge in [-0.15, -0.1) is 0 Å². The molecule has 0 bridgehead atoms. The van der Waals surface area contributed by atoms with E-state index < -0.39 is 5.97 Å². The number of aromatic carboxylic acids is 1. The van der Waals surface area contributed by atoms with Crippen molar-refractivity contribution < 1.29 is 14.6 Å². The molecule has 5 heteroatoms. The maximum Gasteiger partial charge on any atom is 0.352 e. The highest BCUT2D eigenvalue weighted by Gasteiger charge is 2.23. The minimum atomic E-state index is -1.07. The average molecular weight is 265 g/mol. The summed E-state index contributed by atoms with van der Waals surface area (Å²) in [5.41, 5.74) is -0.342. The van der Waals surface area contributed by atoms with Crippen molar-refractivity contribution in [2.24, 2.45) is 5.92 Å². The van der Waals surface area contributed by atoms with Crippen LogP contribution >= 0.6 is 0 Å². The second-order valence-electron chi connectivity index (χ2n) is 5.22. The average Bonchev–Trinajstić information content (AvgIpc) is 2.39. The number of aromatic nitrogens is 1. The van der Waals surface area contributed by atoms with E-state index in [0.717, 1.165) is 31.7 Å². The highest BCUT2D eigenvalue weighted by atomic mass is 16.5. The quantitative estimate of drug-likeness (QED) is 0.910. The Kier molecular flexibility index (Phi) is 3.93. The molecule has 19 heavy (non-hydrogen) atoms. The first kappa shape index (κ1) is 13.6. The Morgan fingerprint density at radius 1 is 1.37 bits per heavy atom. The first-order valence-electron chi connectivity index (χ1n) is 6.56. The zero-order valence-electron chi connectivity index (χ0n) is 11.3. The number of carboxylic acids is 1. The van der Waals surface area contributed by atoms with Gasteiger partial charge in [-0.05, 0) is 31.6 Å². The maximum atomic E-state index is 11.7. The Morgan fingerprint density at radius 3 is 2.53 bits per heavy atom. The minimum absolute atomic E-state index is 0.0466. The molecule has 0 atom stereocenters. The molecule has 0 spiro atoms. The monoisotopic (exact) mass is 265 g/mol. The lowest BCUT2D eigenvalue weighted by Gasteiger charge is -2.29. The van der Waals surface area contributed by atoms with Gasteiger partial charge in [0.1, 0.15) is 5.69 Å². The molecule has 0 aromatic carbocycles. The molecule has 1 saturated carbocycles. The molecule has 1 aromatic heterocycles. The molecule has 2 rings (SSSR count). The van der Waals surface area contributed by atoms with Gasteiger partial charge in [-0.3, -0.25) is 4.79 Å². The van der Waals surface area contributed by atoms with Gasteiger partial charge in [0, 0.05) is 12.1 Å². The number of ether oxygens (including phenoxy) is 1. The number of methoxy groups -OCH3 is 1. The number of carbonyl (C=O) groups is 1. The molecule has 1 aromatic rings. The summed E-state index contributed by atoms with van der Waals surface area (Å²) >= 11 is 0. The van der Waals surface area contributed by atoms with E-state index in [1.54, 1.807) is 4.57 Å². The van der Waals surface area contributed by atoms with Crippen LogP contribution in [0.3, 0.4) is 0 Å². The molecule has 0 saturated heterocycles. The van der Waals surface area contributed by atoms with Gasteiger partial charge < -0.3 is 14.4 Å². The van der Waals surface area contributed by atoms with Gasteiger partial charge in [-0.25, -0.2) is 4.79 Å². The standard InChI is InChI=1S/C14H19NO4/c1-9-3-5-10(6-4-9)15-8-13(19-2)12(16)7-11(15)14(17)18/h7-10H,3-6H2,1-2H3,(H,17,18). The van der Waals surface area contributed by atoms with Crippen LogP contribution < -0.4 is 10.2 Å². The van der Waals surface area contributed by atoms with Crippen LogP contribution in [-0.4, -0.2) is 22.8 Å². The molecular weight excluding hydrogens is 246 g/mol. The highest BCUT2D eigenvalue weighted by molar-refractivity contribution is 5.85. The fraction of sp³-hybridized carbons (Fsp3) is 0.571. The van der Waals surface area contributed by atoms with Crippen LogP contribution in [0.1, 0.15) is 49.1 Å². The number of carboxylic acid groups (broad SMARTS) is 1. The van der Waals surface area contributed by atoms with E-state index in [1.807, 2.05) is 0 Å². The van der Waals surface area contributed by atoms with Crippen molar-refractivity contribution >= 4 is 5.97 Å². The number of rotatable bonds is 3. The fourth-order valence-corrected chi connectivity index (χ4v) is 2.68. The fourth-order valence-electron chi connectivity index (χ4n) is 2.68. The van der Waals surface area contributed by atoms with Gasteiger partial charge in [0.05, 0.1) is 13.3 Å². The van der Waals surface area contributed by atoms with Gasteiger partial charge in [-0.2, -0.15) is 0 Å². The van der Waals surface area contributed by atoms with Crippen molar-refractivity contribution in [3.63, 3.8) is 0 Å². The van der Waals surface area contributed by atoms with Crippen molar-refractivity contribution in [3.8, 4) is 5.75 Å². The summed E-state index contributed by atoms with van der Waals surface area (Å²) in [6.07, 6.45) is 5.57. The molecule has 1 aliphatic rings. The van der Waals surface area contributed by atoms with Gasteiger partial charge in [-0.1, -0.05) is 6.92 Å². The summed E-state index contributed by atoms with van der Waals surface area (Å²) in [6, 6.07) is 1.29. The van der Waals surface area contributed by atoms with Crippen LogP contribution in [0.2, 0.25) is 0 Å². The van der Waals surface area contributed by atoms with E-state index in [4.69, 9.17) is 4.74 Å². The second-order valence-corrected chi connectivity index (χ2v) is 5.22. The van der Waals surface area contributed by atoms with Crippen molar-refractivity contribution in [3.05, 3.63) is 28.2 Å². The van der Waals surface area contributed by atoms with Crippen LogP contribution in [0.4, 0.5) is 0 Å². The lowest BCUT2D eigenvalue weighted by Crippen LogP contribution is -2.24. The number of pyridine rings is 1. The lowest BCUT2D eigenvalue weighted by atomic mass is 9.87. The SMILES string of the molecule is COc1cn(C2CCC(C)CC2)c(C(=O)O)cc1=O. The Hall–Kier alpha value is -1.78. The van der Waals surface area contributed by atoms with E-state index in [-0.39, 0.29) is 22.9 Å². The molecule has 0 amide bonds. The summed E-state index contributed by atoms with van der Waals surface area (Å²) in [4.78, 5) is 22.9. The van der Waals surface area contributed by atoms with E-state index in [1.165, 1.54) is 13.3 Å². The van der Waals surface area contributed by atoms with Crippen LogP contribution in [0.15, 0.2) is 17.1 Å². The first-order valence-corrected chi connectivity index (χ1v) is 6.56. The van der Waals surface area contributed by atoms with Crippen molar-refractivity contribution in [1.29, 1.82) is 0 Å². The van der Waals surface area contributed by atoms with E-state index in [9.17, 15) is 14.7 Å². The predicted octanol–water partition coefficient (Wildman–Crippen LogP) is 2.31. The second kappa shape index (κ2) is 5.47. The van der Waals surface area contributed by atoms with Gasteiger partial charge in [0.2, 0.25) is 5.43 Å². The Bertz CT molecular complexity index is 527. The van der Waals surface area contributed by atoms with E-state index in [0.29, 0.717) is 5.92 Å². The number of nitrogens with zero attached hydrogens (tertiary/aromatic N) is 1. The maximum absolute atomic E-state index is 11.7. The largest absolute Gasteiger partial charge is 0.491 e. The van der Waals surface area contributed by atoms with Crippen LogP contribution in [-0.2, 0) is 0 Å². The summed E-state index contributed by atoms with van der Waals surface area (Å²) in [6.45, 7) is 2.21. The van der Waals surface area contributed by atoms with E-state index in [2.05, 4.69) is 6.92 Å². The molecule has 1 heterocycles. The third-order valence-corrected chi connectivity index (χ3v) is 3.86. The summed E-state index contributed by atoms with van der Waals surface area (Å²) in [5.74, 6) is -0.187. The Morgan fingerprint density at radius 2 is 2.00 bits per heavy atom. The number of hydrogen-bond acceptors (Lipinski definition) is 3. The molecule has 0 aliphatic heterocycles. The van der Waals surface area contributed by atoms with Crippen molar-refractivity contribution in [2.45, 2.75) is 38.6 Å². The normalized spacial score (nSPS) is 23.1. The third kappa shape index (κ3) is 2.80. The van der Waals surface area contributed by atoms with Crippen LogP contribution in [0.25, 0.3) is 0 Å². The predicted molar refractivity (Wildman–Crippen MR) is 70.9 cm³/mol.